The van der Waals surface area contributed by atoms with Crippen LogP contribution in [-0.4, -0.2) is 11.6 Å². The zero-order valence-electron chi connectivity index (χ0n) is 18.8. The molecule has 0 radical (unpaired) electrons. The van der Waals surface area contributed by atoms with Crippen LogP contribution in [0, 0.1) is 47.3 Å². The Kier molecular flexibility index (Phi) is 6.67. The van der Waals surface area contributed by atoms with E-state index in [4.69, 9.17) is 0 Å². The summed E-state index contributed by atoms with van der Waals surface area (Å²) in [4.78, 5) is 23.9. The summed E-state index contributed by atoms with van der Waals surface area (Å²) in [7, 11) is 0. The summed E-state index contributed by atoms with van der Waals surface area (Å²) in [6, 6.07) is 0. The number of fused-ring (bicyclic) bond motifs is 4. The lowest BCUT2D eigenvalue weighted by molar-refractivity contribution is -0.127. The zero-order valence-corrected chi connectivity index (χ0v) is 18.8. The maximum atomic E-state index is 12.0. The standard InChI is InChI=1S/2C13H20O/c1-4-10-5-9-6-11(10)12(7-9)13(14)8(2)3;1-4-9-5-11-6-10(9)7-12(11)13(14)8(2)3/h4,8-9,11-12H,5-7H2,1-3H3;4,8,10-12H,5-7H2,1-3H3. The highest BCUT2D eigenvalue weighted by Gasteiger charge is 2.46. The molecule has 0 heterocycles. The summed E-state index contributed by atoms with van der Waals surface area (Å²) in [6.45, 7) is 12.4. The van der Waals surface area contributed by atoms with Gasteiger partial charge in [-0.3, -0.25) is 9.59 Å². The van der Waals surface area contributed by atoms with Crippen LogP contribution in [0.15, 0.2) is 23.3 Å². The Morgan fingerprint density at radius 3 is 1.86 bits per heavy atom. The van der Waals surface area contributed by atoms with Crippen LogP contribution in [0.2, 0.25) is 0 Å². The van der Waals surface area contributed by atoms with E-state index in [2.05, 4.69) is 26.0 Å². The van der Waals surface area contributed by atoms with Crippen LogP contribution < -0.4 is 0 Å². The summed E-state index contributed by atoms with van der Waals surface area (Å²) in [5.41, 5.74) is 3.17. The lowest BCUT2D eigenvalue weighted by atomic mass is 9.79. The largest absolute Gasteiger partial charge is 0.299 e. The van der Waals surface area contributed by atoms with Crippen LogP contribution in [0.3, 0.4) is 0 Å². The highest BCUT2D eigenvalue weighted by atomic mass is 16.1. The maximum Gasteiger partial charge on any atom is 0.139 e. The van der Waals surface area contributed by atoms with Gasteiger partial charge in [0.15, 0.2) is 0 Å². The lowest BCUT2D eigenvalue weighted by Gasteiger charge is -2.24. The third kappa shape index (κ3) is 4.07. The van der Waals surface area contributed by atoms with Crippen LogP contribution >= 0.6 is 0 Å². The number of Topliss-reactive ketones (excluding diaryl/α,β-unsaturated/α-hetero) is 2. The molecular weight excluding hydrogens is 344 g/mol. The number of carbonyl (C=O) groups excluding carboxylic acids is 2. The van der Waals surface area contributed by atoms with Gasteiger partial charge < -0.3 is 0 Å². The zero-order chi connectivity index (χ0) is 20.6. The monoisotopic (exact) mass is 384 g/mol. The Bertz CT molecular complexity index is 666. The van der Waals surface area contributed by atoms with Crippen LogP contribution in [0.25, 0.3) is 0 Å². The molecule has 0 aromatic rings. The molecule has 0 aromatic carbocycles. The van der Waals surface area contributed by atoms with Gasteiger partial charge in [0.2, 0.25) is 0 Å². The minimum atomic E-state index is 0.220. The number of hydrogen-bond acceptors (Lipinski definition) is 2. The Morgan fingerprint density at radius 2 is 1.39 bits per heavy atom. The van der Waals surface area contributed by atoms with E-state index in [0.717, 1.165) is 18.3 Å². The number of carbonyl (C=O) groups is 2. The van der Waals surface area contributed by atoms with Gasteiger partial charge in [0.25, 0.3) is 0 Å². The van der Waals surface area contributed by atoms with Gasteiger partial charge in [0.1, 0.15) is 11.6 Å². The second-order valence-corrected chi connectivity index (χ2v) is 10.3. The predicted molar refractivity (Wildman–Crippen MR) is 116 cm³/mol. The molecule has 0 N–H and O–H groups in total. The second kappa shape index (κ2) is 8.67. The van der Waals surface area contributed by atoms with E-state index in [-0.39, 0.29) is 11.8 Å². The fourth-order valence-electron chi connectivity index (χ4n) is 6.53. The first-order valence-electron chi connectivity index (χ1n) is 11.6. The molecule has 4 rings (SSSR count). The molecule has 4 bridgehead atoms. The first-order chi connectivity index (χ1) is 13.3. The Hall–Kier alpha value is -1.18. The SMILES string of the molecule is CC=C1CC2CC(C(=O)C(C)C)C1C2.CC=C1CC2CC1CC2C(=O)C(C)C. The van der Waals surface area contributed by atoms with Crippen LogP contribution in [0.4, 0.5) is 0 Å². The molecule has 2 heteroatoms. The van der Waals surface area contributed by atoms with Gasteiger partial charge in [-0.05, 0) is 76.0 Å². The van der Waals surface area contributed by atoms with Crippen molar-refractivity contribution >= 4 is 11.6 Å². The minimum absolute atomic E-state index is 0.220. The first kappa shape index (κ1) is 21.5. The van der Waals surface area contributed by atoms with Gasteiger partial charge >= 0.3 is 0 Å². The fraction of sp³-hybridized carbons (Fsp3) is 0.769. The van der Waals surface area contributed by atoms with E-state index in [1.165, 1.54) is 32.1 Å². The molecule has 28 heavy (non-hydrogen) atoms. The lowest BCUT2D eigenvalue weighted by Crippen LogP contribution is -2.26. The molecule has 2 nitrogen and oxygen atoms in total. The highest BCUT2D eigenvalue weighted by Crippen LogP contribution is 2.53. The Morgan fingerprint density at radius 1 is 0.786 bits per heavy atom. The molecular formula is C26H40O2. The summed E-state index contributed by atoms with van der Waals surface area (Å²) in [5, 5.41) is 0. The molecule has 0 aliphatic heterocycles. The van der Waals surface area contributed by atoms with Gasteiger partial charge in [-0.2, -0.15) is 0 Å². The van der Waals surface area contributed by atoms with Gasteiger partial charge in [0, 0.05) is 23.7 Å². The van der Waals surface area contributed by atoms with Crippen molar-refractivity contribution < 1.29 is 9.59 Å². The van der Waals surface area contributed by atoms with Crippen molar-refractivity contribution in [1.82, 2.24) is 0 Å². The molecule has 6 unspecified atom stereocenters. The molecule has 0 spiro atoms. The number of rotatable bonds is 4. The van der Waals surface area contributed by atoms with E-state index in [0.29, 0.717) is 35.2 Å². The maximum absolute atomic E-state index is 12.0. The molecule has 6 atom stereocenters. The number of ketones is 2. The van der Waals surface area contributed by atoms with Crippen molar-refractivity contribution in [2.24, 2.45) is 47.3 Å². The fourth-order valence-corrected chi connectivity index (χ4v) is 6.53. The average Bonchev–Trinajstić information content (AvgIpc) is 3.45. The van der Waals surface area contributed by atoms with Crippen molar-refractivity contribution in [1.29, 1.82) is 0 Å². The molecule has 4 aliphatic carbocycles. The third-order valence-corrected chi connectivity index (χ3v) is 7.99. The minimum Gasteiger partial charge on any atom is -0.299 e. The van der Waals surface area contributed by atoms with Gasteiger partial charge in [-0.15, -0.1) is 0 Å². The summed E-state index contributed by atoms with van der Waals surface area (Å²) < 4.78 is 0. The van der Waals surface area contributed by atoms with Crippen molar-refractivity contribution in [3.05, 3.63) is 23.3 Å². The Labute approximate surface area is 172 Å². The van der Waals surface area contributed by atoms with Crippen LogP contribution in [-0.2, 0) is 9.59 Å². The van der Waals surface area contributed by atoms with Crippen LogP contribution in [0.5, 0.6) is 0 Å². The second-order valence-electron chi connectivity index (χ2n) is 10.3. The number of allylic oxidation sites excluding steroid dienone is 4. The Balaban J connectivity index is 0.000000161. The quantitative estimate of drug-likeness (QED) is 0.525. The van der Waals surface area contributed by atoms with Crippen molar-refractivity contribution in [2.45, 2.75) is 80.1 Å². The molecule has 156 valence electrons. The van der Waals surface area contributed by atoms with Gasteiger partial charge in [-0.25, -0.2) is 0 Å². The van der Waals surface area contributed by atoms with Crippen molar-refractivity contribution in [3.8, 4) is 0 Å². The smallest absolute Gasteiger partial charge is 0.139 e. The van der Waals surface area contributed by atoms with Gasteiger partial charge in [-0.1, -0.05) is 51.0 Å². The predicted octanol–water partition coefficient (Wildman–Crippen LogP) is 6.41. The van der Waals surface area contributed by atoms with Crippen molar-refractivity contribution in [3.63, 3.8) is 0 Å². The normalized spacial score (nSPS) is 38.6. The van der Waals surface area contributed by atoms with E-state index in [1.54, 1.807) is 11.1 Å². The molecule has 0 saturated heterocycles. The van der Waals surface area contributed by atoms with Crippen molar-refractivity contribution in [2.75, 3.05) is 0 Å². The molecule has 0 amide bonds. The molecule has 4 aliphatic rings. The topological polar surface area (TPSA) is 34.1 Å². The van der Waals surface area contributed by atoms with E-state index in [1.807, 2.05) is 27.7 Å². The highest BCUT2D eigenvalue weighted by molar-refractivity contribution is 5.84. The summed E-state index contributed by atoms with van der Waals surface area (Å²) in [5.74, 6) is 5.07. The molecule has 4 fully saturated rings. The van der Waals surface area contributed by atoms with E-state index >= 15 is 0 Å². The first-order valence-corrected chi connectivity index (χ1v) is 11.6. The molecule has 4 saturated carbocycles. The summed E-state index contributed by atoms with van der Waals surface area (Å²) in [6.07, 6.45) is 11.8. The summed E-state index contributed by atoms with van der Waals surface area (Å²) >= 11 is 0. The van der Waals surface area contributed by atoms with Gasteiger partial charge in [0.05, 0.1) is 0 Å². The van der Waals surface area contributed by atoms with E-state index < -0.39 is 0 Å². The average molecular weight is 385 g/mol. The van der Waals surface area contributed by atoms with E-state index in [9.17, 15) is 9.59 Å². The van der Waals surface area contributed by atoms with Crippen LogP contribution in [0.1, 0.15) is 80.1 Å². The third-order valence-electron chi connectivity index (χ3n) is 7.99. The molecule has 0 aromatic heterocycles. The number of hydrogen-bond donors (Lipinski definition) is 0.